The molecule has 0 aliphatic carbocycles. The second-order valence-corrected chi connectivity index (χ2v) is 8.35. The number of benzene rings is 1. The third-order valence-corrected chi connectivity index (χ3v) is 5.54. The lowest BCUT2D eigenvalue weighted by Crippen LogP contribution is -2.55. The van der Waals surface area contributed by atoms with Crippen LogP contribution in [-0.4, -0.2) is 31.5 Å². The Labute approximate surface area is 164 Å². The Bertz CT molecular complexity index is 836. The van der Waals surface area contributed by atoms with Gasteiger partial charge in [0.05, 0.1) is 5.69 Å². The summed E-state index contributed by atoms with van der Waals surface area (Å²) in [5.74, 6) is -2.62. The first-order valence-electron chi connectivity index (χ1n) is 8.14. The zero-order chi connectivity index (χ0) is 18.9. The molecule has 0 radical (unpaired) electrons. The maximum atomic E-state index is 12.7. The van der Waals surface area contributed by atoms with Gasteiger partial charge in [-0.05, 0) is 12.1 Å². The van der Waals surface area contributed by atoms with Crippen molar-refractivity contribution < 1.29 is 23.9 Å². The van der Waals surface area contributed by atoms with E-state index in [9.17, 15) is 14.4 Å². The fourth-order valence-corrected chi connectivity index (χ4v) is 3.21. The number of esters is 2. The maximum absolute atomic E-state index is 12.7. The summed E-state index contributed by atoms with van der Waals surface area (Å²) in [7, 11) is 0. The minimum absolute atomic E-state index is 0.118. The molecule has 0 spiro atoms. The number of hydrogen-bond donors (Lipinski definition) is 0. The van der Waals surface area contributed by atoms with Gasteiger partial charge in [-0.15, -0.1) is 0 Å². The lowest BCUT2D eigenvalue weighted by molar-refractivity contribution is -0.235. The summed E-state index contributed by atoms with van der Waals surface area (Å²) in [5, 5.41) is 0. The van der Waals surface area contributed by atoms with E-state index in [1.54, 1.807) is 69.8 Å². The number of nitrogens with zero attached hydrogens (tertiary/aromatic N) is 1. The van der Waals surface area contributed by atoms with Crippen molar-refractivity contribution in [3.05, 3.63) is 59.9 Å². The van der Waals surface area contributed by atoms with Gasteiger partial charge in [0.2, 0.25) is 9.20 Å². The number of ketones is 1. The molecule has 0 atom stereocenters. The number of alkyl halides is 1. The number of carbonyl (C=O) groups is 3. The molecule has 0 N–H and O–H groups in total. The molecule has 1 aromatic heterocycles. The molecular formula is C19H18INO5. The Morgan fingerprint density at radius 1 is 1.04 bits per heavy atom. The van der Waals surface area contributed by atoms with Crippen molar-refractivity contribution in [2.75, 3.05) is 0 Å². The average Bonchev–Trinajstić information content (AvgIpc) is 3.06. The molecule has 3 rings (SSSR count). The molecule has 0 unspecified atom stereocenters. The SMILES string of the molecule is CC1(C)OC(=O)C(I)(CCn2cccc2C(=O)c2ccccc2)C(=O)O1. The van der Waals surface area contributed by atoms with Gasteiger partial charge in [-0.3, -0.25) is 4.79 Å². The number of hydrogen-bond acceptors (Lipinski definition) is 5. The van der Waals surface area contributed by atoms with E-state index < -0.39 is 21.1 Å². The predicted molar refractivity (Wildman–Crippen MR) is 102 cm³/mol. The van der Waals surface area contributed by atoms with Gasteiger partial charge in [-0.1, -0.05) is 52.9 Å². The van der Waals surface area contributed by atoms with Gasteiger partial charge < -0.3 is 14.0 Å². The Kier molecular flexibility index (Phi) is 4.92. The molecule has 0 bridgehead atoms. The van der Waals surface area contributed by atoms with Crippen LogP contribution >= 0.6 is 22.6 Å². The van der Waals surface area contributed by atoms with E-state index in [2.05, 4.69) is 0 Å². The number of halogens is 1. The highest BCUT2D eigenvalue weighted by molar-refractivity contribution is 14.1. The Hall–Kier alpha value is -2.16. The third-order valence-electron chi connectivity index (χ3n) is 4.12. The van der Waals surface area contributed by atoms with Gasteiger partial charge in [0.25, 0.3) is 5.79 Å². The normalized spacial score (nSPS) is 18.1. The van der Waals surface area contributed by atoms with Gasteiger partial charge in [0.1, 0.15) is 0 Å². The lowest BCUT2D eigenvalue weighted by Gasteiger charge is -2.37. The Morgan fingerprint density at radius 3 is 2.27 bits per heavy atom. The summed E-state index contributed by atoms with van der Waals surface area (Å²) in [4.78, 5) is 37.3. The second-order valence-electron chi connectivity index (χ2n) is 6.51. The fourth-order valence-electron chi connectivity index (χ4n) is 2.74. The van der Waals surface area contributed by atoms with Crippen molar-refractivity contribution in [3.8, 4) is 0 Å². The van der Waals surface area contributed by atoms with Crippen LogP contribution < -0.4 is 0 Å². The largest absolute Gasteiger partial charge is 0.422 e. The monoisotopic (exact) mass is 467 g/mol. The van der Waals surface area contributed by atoms with Crippen LogP contribution in [0, 0.1) is 0 Å². The van der Waals surface area contributed by atoms with E-state index in [4.69, 9.17) is 9.47 Å². The van der Waals surface area contributed by atoms with E-state index in [-0.39, 0.29) is 12.2 Å². The van der Waals surface area contributed by atoms with Crippen LogP contribution in [0.2, 0.25) is 0 Å². The molecular weight excluding hydrogens is 449 g/mol. The van der Waals surface area contributed by atoms with Crippen molar-refractivity contribution in [2.24, 2.45) is 0 Å². The Morgan fingerprint density at radius 2 is 1.65 bits per heavy atom. The van der Waals surface area contributed by atoms with Crippen LogP contribution in [0.3, 0.4) is 0 Å². The van der Waals surface area contributed by atoms with E-state index in [1.807, 2.05) is 6.07 Å². The van der Waals surface area contributed by atoms with Crippen LogP contribution in [0.25, 0.3) is 0 Å². The first-order chi connectivity index (χ1) is 12.2. The topological polar surface area (TPSA) is 74.6 Å². The number of rotatable bonds is 5. The van der Waals surface area contributed by atoms with Crippen molar-refractivity contribution >= 4 is 40.3 Å². The van der Waals surface area contributed by atoms with Crippen molar-refractivity contribution in [3.63, 3.8) is 0 Å². The summed E-state index contributed by atoms with van der Waals surface area (Å²) in [6, 6.07) is 12.4. The molecule has 1 aliphatic heterocycles. The molecule has 6 nitrogen and oxygen atoms in total. The van der Waals surface area contributed by atoms with E-state index in [1.165, 1.54) is 13.8 Å². The summed E-state index contributed by atoms with van der Waals surface area (Å²) < 4.78 is 10.7. The summed E-state index contributed by atoms with van der Waals surface area (Å²) in [6.07, 6.45) is 1.91. The summed E-state index contributed by atoms with van der Waals surface area (Å²) in [6.45, 7) is 3.33. The van der Waals surface area contributed by atoms with Gasteiger partial charge in [0.15, 0.2) is 0 Å². The van der Waals surface area contributed by atoms with E-state index in [0.29, 0.717) is 17.8 Å². The van der Waals surface area contributed by atoms with Crippen LogP contribution in [0.15, 0.2) is 48.7 Å². The third kappa shape index (κ3) is 3.53. The Balaban J connectivity index is 1.77. The summed E-state index contributed by atoms with van der Waals surface area (Å²) in [5.41, 5.74) is 1.07. The zero-order valence-electron chi connectivity index (χ0n) is 14.4. The van der Waals surface area contributed by atoms with E-state index in [0.717, 1.165) is 0 Å². The van der Waals surface area contributed by atoms with Gasteiger partial charge in [0, 0.05) is 38.6 Å². The predicted octanol–water partition coefficient (Wildman–Crippen LogP) is 3.12. The lowest BCUT2D eigenvalue weighted by atomic mass is 10.0. The number of aromatic nitrogens is 1. The molecule has 1 aliphatic rings. The molecule has 1 saturated heterocycles. The number of carbonyl (C=O) groups excluding carboxylic acids is 3. The quantitative estimate of drug-likeness (QED) is 0.222. The average molecular weight is 467 g/mol. The number of cyclic esters (lactones) is 2. The van der Waals surface area contributed by atoms with Crippen molar-refractivity contribution in [2.45, 2.75) is 36.0 Å². The first-order valence-corrected chi connectivity index (χ1v) is 9.21. The molecule has 1 aromatic carbocycles. The molecule has 7 heteroatoms. The van der Waals surface area contributed by atoms with E-state index >= 15 is 0 Å². The molecule has 26 heavy (non-hydrogen) atoms. The van der Waals surface area contributed by atoms with Crippen LogP contribution in [-0.2, 0) is 25.6 Å². The molecule has 2 heterocycles. The molecule has 1 fully saturated rings. The highest BCUT2D eigenvalue weighted by Crippen LogP contribution is 2.36. The highest BCUT2D eigenvalue weighted by atomic mass is 127. The van der Waals surface area contributed by atoms with Crippen LogP contribution in [0.4, 0.5) is 0 Å². The van der Waals surface area contributed by atoms with Crippen molar-refractivity contribution in [1.29, 1.82) is 0 Å². The molecule has 0 saturated carbocycles. The van der Waals surface area contributed by atoms with Gasteiger partial charge in [-0.25, -0.2) is 9.59 Å². The number of ether oxygens (including phenoxy) is 2. The smallest absolute Gasteiger partial charge is 0.336 e. The minimum atomic E-state index is -1.43. The minimum Gasteiger partial charge on any atom is -0.422 e. The molecule has 136 valence electrons. The zero-order valence-corrected chi connectivity index (χ0v) is 16.6. The van der Waals surface area contributed by atoms with Crippen LogP contribution in [0.1, 0.15) is 36.3 Å². The first kappa shape index (κ1) is 18.6. The molecule has 0 amide bonds. The molecule has 2 aromatic rings. The van der Waals surface area contributed by atoms with Gasteiger partial charge in [-0.2, -0.15) is 0 Å². The van der Waals surface area contributed by atoms with Crippen molar-refractivity contribution in [1.82, 2.24) is 4.57 Å². The number of aryl methyl sites for hydroxylation is 1. The van der Waals surface area contributed by atoms with Crippen LogP contribution in [0.5, 0.6) is 0 Å². The maximum Gasteiger partial charge on any atom is 0.336 e. The summed E-state index contributed by atoms with van der Waals surface area (Å²) >= 11 is 1.78. The van der Waals surface area contributed by atoms with Gasteiger partial charge >= 0.3 is 11.9 Å². The fraction of sp³-hybridized carbons (Fsp3) is 0.316. The standard InChI is InChI=1S/C19H18INO5/c1-18(2)25-16(23)19(20,17(24)26-18)10-12-21-11-6-9-14(21)15(22)13-7-4-3-5-8-13/h3-9,11H,10,12H2,1-2H3. The highest BCUT2D eigenvalue weighted by Gasteiger charge is 2.54. The second kappa shape index (κ2) is 6.86.